The molecule has 1 atom stereocenters. The second kappa shape index (κ2) is 7.46. The molecule has 1 aromatic rings. The molecule has 4 heteroatoms. The molecule has 0 saturated heterocycles. The van der Waals surface area contributed by atoms with Gasteiger partial charge in [0.15, 0.2) is 0 Å². The van der Waals surface area contributed by atoms with E-state index in [4.69, 9.17) is 4.98 Å². The maximum atomic E-state index is 4.70. The largest absolute Gasteiger partial charge is 0.370 e. The number of rotatable bonds is 7. The quantitative estimate of drug-likeness (QED) is 0.785. The van der Waals surface area contributed by atoms with Crippen LogP contribution in [-0.2, 0) is 0 Å². The van der Waals surface area contributed by atoms with E-state index >= 15 is 0 Å². The third-order valence-corrected chi connectivity index (χ3v) is 3.59. The standard InChI is InChI=1S/C16H30N4/c1-8-9-17-15-12(6)16(18-13(7)10(2)3)20-14(19-15)11(4)5/h10-11,13H,8-9H2,1-7H3,(H2,17,18,19,20). The van der Waals surface area contributed by atoms with Crippen molar-refractivity contribution in [2.45, 2.75) is 66.8 Å². The van der Waals surface area contributed by atoms with E-state index in [1.165, 1.54) is 0 Å². The smallest absolute Gasteiger partial charge is 0.135 e. The first kappa shape index (κ1) is 16.7. The normalized spacial score (nSPS) is 12.8. The number of hydrogen-bond acceptors (Lipinski definition) is 4. The van der Waals surface area contributed by atoms with Gasteiger partial charge < -0.3 is 10.6 Å². The number of nitrogens with one attached hydrogen (secondary N) is 2. The SMILES string of the molecule is CCCNc1nc(C(C)C)nc(NC(C)C(C)C)c1C. The third kappa shape index (κ3) is 4.36. The average molecular weight is 278 g/mol. The first-order valence-electron chi connectivity index (χ1n) is 7.75. The monoisotopic (exact) mass is 278 g/mol. The summed E-state index contributed by atoms with van der Waals surface area (Å²) in [6.45, 7) is 16.1. The Labute approximate surface area is 123 Å². The first-order valence-corrected chi connectivity index (χ1v) is 7.75. The fourth-order valence-electron chi connectivity index (χ4n) is 1.73. The second-order valence-corrected chi connectivity index (χ2v) is 6.16. The fraction of sp³-hybridized carbons (Fsp3) is 0.750. The summed E-state index contributed by atoms with van der Waals surface area (Å²) in [5.74, 6) is 3.71. The van der Waals surface area contributed by atoms with Crippen molar-refractivity contribution in [1.29, 1.82) is 0 Å². The number of anilines is 2. The van der Waals surface area contributed by atoms with Crippen molar-refractivity contribution < 1.29 is 0 Å². The molecule has 0 aliphatic heterocycles. The molecule has 0 saturated carbocycles. The lowest BCUT2D eigenvalue weighted by Crippen LogP contribution is -2.24. The van der Waals surface area contributed by atoms with E-state index in [0.717, 1.165) is 36.0 Å². The lowest BCUT2D eigenvalue weighted by Gasteiger charge is -2.22. The van der Waals surface area contributed by atoms with Crippen molar-refractivity contribution in [1.82, 2.24) is 9.97 Å². The molecule has 0 aliphatic carbocycles. The summed E-state index contributed by atoms with van der Waals surface area (Å²) in [5.41, 5.74) is 1.11. The fourth-order valence-corrected chi connectivity index (χ4v) is 1.73. The van der Waals surface area contributed by atoms with Gasteiger partial charge in [0.2, 0.25) is 0 Å². The van der Waals surface area contributed by atoms with Crippen LogP contribution in [0.25, 0.3) is 0 Å². The molecular formula is C16H30N4. The predicted molar refractivity (Wildman–Crippen MR) is 87.6 cm³/mol. The van der Waals surface area contributed by atoms with Gasteiger partial charge >= 0.3 is 0 Å². The maximum Gasteiger partial charge on any atom is 0.135 e. The van der Waals surface area contributed by atoms with Crippen molar-refractivity contribution in [3.05, 3.63) is 11.4 Å². The van der Waals surface area contributed by atoms with Crippen molar-refractivity contribution in [2.75, 3.05) is 17.2 Å². The van der Waals surface area contributed by atoms with Gasteiger partial charge in [0.1, 0.15) is 17.5 Å². The van der Waals surface area contributed by atoms with E-state index in [1.54, 1.807) is 0 Å². The molecule has 0 radical (unpaired) electrons. The van der Waals surface area contributed by atoms with Crippen LogP contribution >= 0.6 is 0 Å². The molecule has 1 rings (SSSR count). The maximum absolute atomic E-state index is 4.70. The summed E-state index contributed by atoms with van der Waals surface area (Å²) in [4.78, 5) is 9.36. The van der Waals surface area contributed by atoms with Crippen LogP contribution in [0.3, 0.4) is 0 Å². The van der Waals surface area contributed by atoms with Crippen LogP contribution in [-0.4, -0.2) is 22.6 Å². The van der Waals surface area contributed by atoms with E-state index in [2.05, 4.69) is 64.1 Å². The minimum absolute atomic E-state index is 0.327. The van der Waals surface area contributed by atoms with Crippen LogP contribution in [0.5, 0.6) is 0 Å². The van der Waals surface area contributed by atoms with E-state index < -0.39 is 0 Å². The molecule has 0 fully saturated rings. The van der Waals surface area contributed by atoms with Gasteiger partial charge in [-0.05, 0) is 26.2 Å². The Kier molecular flexibility index (Phi) is 6.24. The van der Waals surface area contributed by atoms with Crippen molar-refractivity contribution in [3.8, 4) is 0 Å². The van der Waals surface area contributed by atoms with Crippen LogP contribution < -0.4 is 10.6 Å². The van der Waals surface area contributed by atoms with Crippen molar-refractivity contribution >= 4 is 11.6 Å². The van der Waals surface area contributed by atoms with Gasteiger partial charge in [0, 0.05) is 24.1 Å². The Balaban J connectivity index is 3.10. The van der Waals surface area contributed by atoms with Gasteiger partial charge in [0.25, 0.3) is 0 Å². The summed E-state index contributed by atoms with van der Waals surface area (Å²) < 4.78 is 0. The molecule has 1 heterocycles. The van der Waals surface area contributed by atoms with Gasteiger partial charge in [-0.15, -0.1) is 0 Å². The molecule has 4 nitrogen and oxygen atoms in total. The Hall–Kier alpha value is -1.32. The Morgan fingerprint density at radius 2 is 1.60 bits per heavy atom. The van der Waals surface area contributed by atoms with Crippen molar-refractivity contribution in [3.63, 3.8) is 0 Å². The summed E-state index contributed by atoms with van der Waals surface area (Å²) in [5, 5.41) is 6.94. The predicted octanol–water partition coefficient (Wildman–Crippen LogP) is 4.19. The average Bonchev–Trinajstić information content (AvgIpc) is 2.39. The van der Waals surface area contributed by atoms with Crippen LogP contribution in [0.2, 0.25) is 0 Å². The topological polar surface area (TPSA) is 49.8 Å². The van der Waals surface area contributed by atoms with Gasteiger partial charge in [-0.2, -0.15) is 0 Å². The number of hydrogen-bond donors (Lipinski definition) is 2. The highest BCUT2D eigenvalue weighted by Gasteiger charge is 2.15. The lowest BCUT2D eigenvalue weighted by molar-refractivity contribution is 0.557. The molecule has 0 bridgehead atoms. The van der Waals surface area contributed by atoms with E-state index in [-0.39, 0.29) is 0 Å². The van der Waals surface area contributed by atoms with E-state index in [0.29, 0.717) is 17.9 Å². The molecular weight excluding hydrogens is 248 g/mol. The molecule has 0 aromatic carbocycles. The minimum atomic E-state index is 0.327. The van der Waals surface area contributed by atoms with Gasteiger partial charge in [0.05, 0.1) is 0 Å². The van der Waals surface area contributed by atoms with Crippen LogP contribution in [0, 0.1) is 12.8 Å². The van der Waals surface area contributed by atoms with E-state index in [1.807, 2.05) is 0 Å². The molecule has 1 aromatic heterocycles. The Morgan fingerprint density at radius 3 is 2.10 bits per heavy atom. The molecule has 20 heavy (non-hydrogen) atoms. The molecule has 2 N–H and O–H groups in total. The summed E-state index contributed by atoms with van der Waals surface area (Å²) in [6.07, 6.45) is 1.09. The number of aromatic nitrogens is 2. The van der Waals surface area contributed by atoms with Crippen LogP contribution in [0.15, 0.2) is 0 Å². The minimum Gasteiger partial charge on any atom is -0.370 e. The zero-order valence-corrected chi connectivity index (χ0v) is 14.0. The highest BCUT2D eigenvalue weighted by Crippen LogP contribution is 2.24. The Bertz CT molecular complexity index is 427. The molecule has 0 aliphatic rings. The van der Waals surface area contributed by atoms with E-state index in [9.17, 15) is 0 Å². The summed E-state index contributed by atoms with van der Waals surface area (Å²) in [6, 6.07) is 0.391. The van der Waals surface area contributed by atoms with Crippen LogP contribution in [0.4, 0.5) is 11.6 Å². The second-order valence-electron chi connectivity index (χ2n) is 6.16. The van der Waals surface area contributed by atoms with Gasteiger partial charge in [-0.25, -0.2) is 9.97 Å². The molecule has 0 spiro atoms. The molecule has 1 unspecified atom stereocenters. The van der Waals surface area contributed by atoms with Crippen molar-refractivity contribution in [2.24, 2.45) is 5.92 Å². The first-order chi connectivity index (χ1) is 9.36. The Morgan fingerprint density at radius 1 is 1.00 bits per heavy atom. The zero-order chi connectivity index (χ0) is 15.3. The van der Waals surface area contributed by atoms with Gasteiger partial charge in [-0.1, -0.05) is 34.6 Å². The third-order valence-electron chi connectivity index (χ3n) is 3.59. The summed E-state index contributed by atoms with van der Waals surface area (Å²) in [7, 11) is 0. The van der Waals surface area contributed by atoms with Crippen LogP contribution in [0.1, 0.15) is 65.3 Å². The lowest BCUT2D eigenvalue weighted by atomic mass is 10.1. The highest BCUT2D eigenvalue weighted by molar-refractivity contribution is 5.57. The van der Waals surface area contributed by atoms with Gasteiger partial charge in [-0.3, -0.25) is 0 Å². The molecule has 0 amide bonds. The highest BCUT2D eigenvalue weighted by atomic mass is 15.1. The summed E-state index contributed by atoms with van der Waals surface area (Å²) >= 11 is 0. The molecule has 114 valence electrons. The number of nitrogens with zero attached hydrogens (tertiary/aromatic N) is 2. The zero-order valence-electron chi connectivity index (χ0n) is 14.0.